The van der Waals surface area contributed by atoms with Crippen molar-refractivity contribution >= 4 is 51.9 Å². The highest BCUT2D eigenvalue weighted by Crippen LogP contribution is 2.26. The van der Waals surface area contributed by atoms with Crippen molar-refractivity contribution in [3.05, 3.63) is 95.0 Å². The largest absolute Gasteiger partial charge is 0.326 e. The third-order valence-corrected chi connectivity index (χ3v) is 6.08. The maximum Gasteiger partial charge on any atom is 0.256 e. The highest BCUT2D eigenvalue weighted by atomic mass is 32.1. The van der Waals surface area contributed by atoms with Crippen molar-refractivity contribution in [3.8, 4) is 11.1 Å². The molecule has 9 heteroatoms. The first-order valence-electron chi connectivity index (χ1n) is 11.0. The molecule has 0 bridgehead atoms. The Bertz CT molecular complexity index is 1420. The number of aromatic nitrogens is 1. The lowest BCUT2D eigenvalue weighted by atomic mass is 9.96. The van der Waals surface area contributed by atoms with E-state index >= 15 is 0 Å². The summed E-state index contributed by atoms with van der Waals surface area (Å²) < 4.78 is 0. The molecule has 0 spiro atoms. The number of carbonyl (C=O) groups is 4. The highest BCUT2D eigenvalue weighted by molar-refractivity contribution is 7.13. The van der Waals surface area contributed by atoms with Gasteiger partial charge in [0.15, 0.2) is 10.9 Å². The van der Waals surface area contributed by atoms with Gasteiger partial charge in [0, 0.05) is 27.9 Å². The number of Topliss-reactive ketones (excluding diaryl/α,β-unsaturated/α-hetero) is 1. The lowest BCUT2D eigenvalue weighted by Gasteiger charge is -2.12. The fourth-order valence-electron chi connectivity index (χ4n) is 3.53. The first kappa shape index (κ1) is 24.5. The molecule has 0 fully saturated rings. The van der Waals surface area contributed by atoms with Crippen molar-refractivity contribution < 1.29 is 19.2 Å². The Kier molecular flexibility index (Phi) is 7.62. The number of nitrogens with one attached hydrogen (secondary N) is 3. The van der Waals surface area contributed by atoms with Crippen LogP contribution in [0.15, 0.2) is 78.2 Å². The molecule has 0 unspecified atom stereocenters. The average molecular weight is 499 g/mol. The minimum Gasteiger partial charge on any atom is -0.326 e. The summed E-state index contributed by atoms with van der Waals surface area (Å²) in [4.78, 5) is 52.0. The molecular weight excluding hydrogens is 476 g/mol. The second-order valence-electron chi connectivity index (χ2n) is 7.85. The summed E-state index contributed by atoms with van der Waals surface area (Å²) in [6.45, 7) is 1.46. The predicted molar refractivity (Wildman–Crippen MR) is 140 cm³/mol. The van der Waals surface area contributed by atoms with Crippen LogP contribution in [0, 0.1) is 0 Å². The maximum absolute atomic E-state index is 13.2. The molecule has 3 N–H and O–H groups in total. The van der Waals surface area contributed by atoms with Crippen molar-refractivity contribution in [1.82, 2.24) is 4.98 Å². The highest BCUT2D eigenvalue weighted by Gasteiger charge is 2.16. The number of benzene rings is 3. The van der Waals surface area contributed by atoms with Crippen LogP contribution in [0.3, 0.4) is 0 Å². The summed E-state index contributed by atoms with van der Waals surface area (Å²) in [5, 5.41) is 10.2. The van der Waals surface area contributed by atoms with Crippen LogP contribution in [0.4, 0.5) is 16.5 Å². The smallest absolute Gasteiger partial charge is 0.256 e. The molecule has 0 aliphatic carbocycles. The number of thiazole rings is 1. The number of hydrogen-bond donors (Lipinski definition) is 3. The first-order valence-corrected chi connectivity index (χ1v) is 11.9. The van der Waals surface area contributed by atoms with Gasteiger partial charge in [0.25, 0.3) is 5.91 Å². The van der Waals surface area contributed by atoms with Gasteiger partial charge in [-0.3, -0.25) is 19.2 Å². The van der Waals surface area contributed by atoms with Crippen LogP contribution < -0.4 is 16.0 Å². The van der Waals surface area contributed by atoms with E-state index in [4.69, 9.17) is 0 Å². The van der Waals surface area contributed by atoms with Crippen molar-refractivity contribution in [2.24, 2.45) is 0 Å². The van der Waals surface area contributed by atoms with Gasteiger partial charge in [-0.05, 0) is 48.4 Å². The Morgan fingerprint density at radius 1 is 0.917 bits per heavy atom. The van der Waals surface area contributed by atoms with Gasteiger partial charge in [0.1, 0.15) is 0 Å². The Morgan fingerprint density at radius 3 is 2.28 bits per heavy atom. The summed E-state index contributed by atoms with van der Waals surface area (Å²) in [6.07, 6.45) is 0.593. The van der Waals surface area contributed by atoms with E-state index in [0.29, 0.717) is 39.7 Å². The lowest BCUT2D eigenvalue weighted by molar-refractivity contribution is -0.115. The average Bonchev–Trinajstić information content (AvgIpc) is 3.32. The fraction of sp³-hybridized carbons (Fsp3) is 0.0741. The van der Waals surface area contributed by atoms with Crippen LogP contribution in [-0.4, -0.2) is 29.0 Å². The molecule has 4 aromatic rings. The normalized spacial score (nSPS) is 10.4. The van der Waals surface area contributed by atoms with Crippen LogP contribution in [-0.2, 0) is 16.0 Å². The molecule has 36 heavy (non-hydrogen) atoms. The Labute approximate surface area is 211 Å². The standard InChI is InChI=1S/C27H22N4O4S/c1-17(33)19-7-12-23(18-5-3-2-4-6-18)24(13-19)26(35)30-21-10-8-20(9-11-21)29-25(34)14-22-15-36-27(31-22)28-16-32/h2-13,15-16H,14H2,1H3,(H,29,34)(H,30,35)(H,28,31,32). The number of ketones is 1. The molecule has 8 nitrogen and oxygen atoms in total. The van der Waals surface area contributed by atoms with Crippen molar-refractivity contribution in [1.29, 1.82) is 0 Å². The molecule has 3 aromatic carbocycles. The van der Waals surface area contributed by atoms with E-state index in [2.05, 4.69) is 20.9 Å². The van der Waals surface area contributed by atoms with Gasteiger partial charge in [-0.1, -0.05) is 42.5 Å². The summed E-state index contributed by atoms with van der Waals surface area (Å²) in [5.41, 5.74) is 4.07. The topological polar surface area (TPSA) is 117 Å². The number of nitrogens with zero attached hydrogens (tertiary/aromatic N) is 1. The van der Waals surface area contributed by atoms with Crippen molar-refractivity contribution in [2.45, 2.75) is 13.3 Å². The van der Waals surface area contributed by atoms with E-state index < -0.39 is 0 Å². The van der Waals surface area contributed by atoms with Crippen molar-refractivity contribution in [2.75, 3.05) is 16.0 Å². The van der Waals surface area contributed by atoms with Crippen LogP contribution in [0.2, 0.25) is 0 Å². The third kappa shape index (κ3) is 6.08. The van der Waals surface area contributed by atoms with E-state index in [0.717, 1.165) is 11.1 Å². The molecule has 1 aromatic heterocycles. The minimum absolute atomic E-state index is 0.0598. The zero-order chi connectivity index (χ0) is 25.5. The second-order valence-corrected chi connectivity index (χ2v) is 8.70. The van der Waals surface area contributed by atoms with Gasteiger partial charge < -0.3 is 16.0 Å². The predicted octanol–water partition coefficient (Wildman–Crippen LogP) is 5.01. The molecular formula is C27H22N4O4S. The van der Waals surface area contributed by atoms with E-state index in [1.165, 1.54) is 18.3 Å². The van der Waals surface area contributed by atoms with Crippen LogP contribution >= 0.6 is 11.3 Å². The Hall–Kier alpha value is -4.63. The van der Waals surface area contributed by atoms with Gasteiger partial charge in [-0.15, -0.1) is 11.3 Å². The molecule has 0 atom stereocenters. The molecule has 1 heterocycles. The quantitative estimate of drug-likeness (QED) is 0.221. The number of amides is 3. The lowest BCUT2D eigenvalue weighted by Crippen LogP contribution is -2.15. The molecule has 0 aliphatic rings. The zero-order valence-electron chi connectivity index (χ0n) is 19.3. The number of anilines is 3. The Morgan fingerprint density at radius 2 is 1.61 bits per heavy atom. The van der Waals surface area contributed by atoms with Crippen LogP contribution in [0.25, 0.3) is 11.1 Å². The zero-order valence-corrected chi connectivity index (χ0v) is 20.1. The molecule has 4 rings (SSSR count). The molecule has 180 valence electrons. The number of rotatable bonds is 9. The van der Waals surface area contributed by atoms with Gasteiger partial charge in [0.2, 0.25) is 12.3 Å². The summed E-state index contributed by atoms with van der Waals surface area (Å²) in [6, 6.07) is 21.3. The first-order chi connectivity index (χ1) is 17.4. The van der Waals surface area contributed by atoms with Gasteiger partial charge in [-0.25, -0.2) is 4.98 Å². The Balaban J connectivity index is 1.45. The molecule has 3 amide bonds. The summed E-state index contributed by atoms with van der Waals surface area (Å²) in [5.74, 6) is -0.738. The third-order valence-electron chi connectivity index (χ3n) is 5.26. The maximum atomic E-state index is 13.2. The minimum atomic E-state index is -0.350. The van der Waals surface area contributed by atoms with Crippen LogP contribution in [0.1, 0.15) is 33.3 Å². The van der Waals surface area contributed by atoms with Crippen LogP contribution in [0.5, 0.6) is 0 Å². The van der Waals surface area contributed by atoms with Crippen molar-refractivity contribution in [3.63, 3.8) is 0 Å². The van der Waals surface area contributed by atoms with E-state index in [1.807, 2.05) is 30.3 Å². The fourth-order valence-corrected chi connectivity index (χ4v) is 4.20. The SMILES string of the molecule is CC(=O)c1ccc(-c2ccccc2)c(C(=O)Nc2ccc(NC(=O)Cc3csc(NC=O)n3)cc2)c1. The summed E-state index contributed by atoms with van der Waals surface area (Å²) >= 11 is 1.24. The van der Waals surface area contributed by atoms with Gasteiger partial charge >= 0.3 is 0 Å². The molecule has 0 saturated carbocycles. The number of carbonyl (C=O) groups excluding carboxylic acids is 4. The second kappa shape index (κ2) is 11.2. The van der Waals surface area contributed by atoms with E-state index in [-0.39, 0.29) is 24.0 Å². The number of hydrogen-bond acceptors (Lipinski definition) is 6. The molecule has 0 saturated heterocycles. The van der Waals surface area contributed by atoms with E-state index in [9.17, 15) is 19.2 Å². The monoisotopic (exact) mass is 498 g/mol. The van der Waals surface area contributed by atoms with Gasteiger partial charge in [-0.2, -0.15) is 0 Å². The summed E-state index contributed by atoms with van der Waals surface area (Å²) in [7, 11) is 0. The molecule has 0 radical (unpaired) electrons. The van der Waals surface area contributed by atoms with E-state index in [1.54, 1.807) is 47.8 Å². The molecule has 0 aliphatic heterocycles. The van der Waals surface area contributed by atoms with Gasteiger partial charge in [0.05, 0.1) is 12.1 Å².